The summed E-state index contributed by atoms with van der Waals surface area (Å²) in [6.45, 7) is 4.66. The topological polar surface area (TPSA) is 58.6 Å². The largest absolute Gasteiger partial charge is 0.466 e. The molecule has 5 nitrogen and oxygen atoms in total. The van der Waals surface area contributed by atoms with Crippen molar-refractivity contribution in [2.45, 2.75) is 32.2 Å². The average Bonchev–Trinajstić information content (AvgIpc) is 2.70. The first kappa shape index (κ1) is 12.4. The number of carbonyl (C=O) groups is 2. The van der Waals surface area contributed by atoms with Gasteiger partial charge in [-0.1, -0.05) is 0 Å². The van der Waals surface area contributed by atoms with Gasteiger partial charge in [-0.15, -0.1) is 0 Å². The molecular formula is C12H20N2O3. The zero-order valence-electron chi connectivity index (χ0n) is 10.3. The Morgan fingerprint density at radius 2 is 2.41 bits per heavy atom. The molecule has 2 atom stereocenters. The Balaban J connectivity index is 1.84. The highest BCUT2D eigenvalue weighted by Crippen LogP contribution is 2.27. The lowest BCUT2D eigenvalue weighted by Gasteiger charge is -2.35. The van der Waals surface area contributed by atoms with E-state index in [0.29, 0.717) is 19.6 Å². The molecule has 5 heteroatoms. The zero-order chi connectivity index (χ0) is 12.3. The SMILES string of the molecule is CCOC(=O)CCN1CCCC2C(=O)NCC21. The van der Waals surface area contributed by atoms with Crippen molar-refractivity contribution in [2.24, 2.45) is 5.92 Å². The number of nitrogens with one attached hydrogen (secondary N) is 1. The Morgan fingerprint density at radius 1 is 1.59 bits per heavy atom. The molecule has 2 unspecified atom stereocenters. The molecule has 0 bridgehead atoms. The Hall–Kier alpha value is -1.10. The molecule has 2 rings (SSSR count). The van der Waals surface area contributed by atoms with E-state index in [9.17, 15) is 9.59 Å². The van der Waals surface area contributed by atoms with E-state index in [1.165, 1.54) is 0 Å². The van der Waals surface area contributed by atoms with E-state index in [1.807, 2.05) is 6.92 Å². The fraction of sp³-hybridized carbons (Fsp3) is 0.833. The van der Waals surface area contributed by atoms with Crippen LogP contribution in [0.25, 0.3) is 0 Å². The lowest BCUT2D eigenvalue weighted by atomic mass is 9.91. The summed E-state index contributed by atoms with van der Waals surface area (Å²) in [5, 5.41) is 2.91. The highest BCUT2D eigenvalue weighted by atomic mass is 16.5. The van der Waals surface area contributed by atoms with Crippen molar-refractivity contribution in [1.29, 1.82) is 0 Å². The maximum absolute atomic E-state index is 11.6. The van der Waals surface area contributed by atoms with Gasteiger partial charge in [-0.3, -0.25) is 14.5 Å². The second-order valence-electron chi connectivity index (χ2n) is 4.65. The van der Waals surface area contributed by atoms with Gasteiger partial charge in [0.1, 0.15) is 0 Å². The molecule has 2 saturated heterocycles. The highest BCUT2D eigenvalue weighted by Gasteiger charge is 2.40. The van der Waals surface area contributed by atoms with Crippen LogP contribution >= 0.6 is 0 Å². The van der Waals surface area contributed by atoms with Gasteiger partial charge in [0.25, 0.3) is 0 Å². The lowest BCUT2D eigenvalue weighted by molar-refractivity contribution is -0.143. The molecule has 0 saturated carbocycles. The highest BCUT2D eigenvalue weighted by molar-refractivity contribution is 5.82. The Bertz CT molecular complexity index is 306. The van der Waals surface area contributed by atoms with Crippen LogP contribution in [0.15, 0.2) is 0 Å². The van der Waals surface area contributed by atoms with Gasteiger partial charge in [0.15, 0.2) is 0 Å². The summed E-state index contributed by atoms with van der Waals surface area (Å²) in [5.74, 6) is 0.161. The van der Waals surface area contributed by atoms with Crippen molar-refractivity contribution in [3.05, 3.63) is 0 Å². The number of carbonyl (C=O) groups excluding carboxylic acids is 2. The number of rotatable bonds is 4. The molecule has 0 aromatic rings. The van der Waals surface area contributed by atoms with Crippen LogP contribution in [0.5, 0.6) is 0 Å². The third-order valence-corrected chi connectivity index (χ3v) is 3.62. The van der Waals surface area contributed by atoms with Crippen LogP contribution < -0.4 is 5.32 Å². The number of amides is 1. The first-order chi connectivity index (χ1) is 8.22. The summed E-state index contributed by atoms with van der Waals surface area (Å²) in [6.07, 6.45) is 2.44. The number of ether oxygens (including phenoxy) is 1. The summed E-state index contributed by atoms with van der Waals surface area (Å²) in [6, 6.07) is 0.283. The van der Waals surface area contributed by atoms with Gasteiger partial charge in [-0.2, -0.15) is 0 Å². The lowest BCUT2D eigenvalue weighted by Crippen LogP contribution is -2.46. The molecule has 96 valence electrons. The fourth-order valence-electron chi connectivity index (χ4n) is 2.79. The second kappa shape index (κ2) is 5.49. The third-order valence-electron chi connectivity index (χ3n) is 3.62. The summed E-state index contributed by atoms with van der Waals surface area (Å²) >= 11 is 0. The Kier molecular flexibility index (Phi) is 3.99. The van der Waals surface area contributed by atoms with Crippen molar-refractivity contribution in [3.8, 4) is 0 Å². The monoisotopic (exact) mass is 240 g/mol. The molecule has 2 fully saturated rings. The van der Waals surface area contributed by atoms with Crippen molar-refractivity contribution < 1.29 is 14.3 Å². The molecule has 17 heavy (non-hydrogen) atoms. The van der Waals surface area contributed by atoms with Crippen LogP contribution in [0.3, 0.4) is 0 Å². The van der Waals surface area contributed by atoms with Gasteiger partial charge in [0.2, 0.25) is 5.91 Å². The van der Waals surface area contributed by atoms with Crippen molar-refractivity contribution >= 4 is 11.9 Å². The van der Waals surface area contributed by atoms with Crippen molar-refractivity contribution in [3.63, 3.8) is 0 Å². The van der Waals surface area contributed by atoms with Crippen LogP contribution in [-0.2, 0) is 14.3 Å². The summed E-state index contributed by atoms with van der Waals surface area (Å²) in [4.78, 5) is 25.1. The first-order valence-electron chi connectivity index (χ1n) is 6.39. The van der Waals surface area contributed by atoms with E-state index >= 15 is 0 Å². The van der Waals surface area contributed by atoms with Gasteiger partial charge in [0, 0.05) is 19.1 Å². The maximum Gasteiger partial charge on any atom is 0.307 e. The summed E-state index contributed by atoms with van der Waals surface area (Å²) in [7, 11) is 0. The molecule has 1 N–H and O–H groups in total. The second-order valence-corrected chi connectivity index (χ2v) is 4.65. The molecular weight excluding hydrogens is 220 g/mol. The quantitative estimate of drug-likeness (QED) is 0.711. The standard InChI is InChI=1S/C12H20N2O3/c1-2-17-11(15)5-7-14-6-3-4-9-10(14)8-13-12(9)16/h9-10H,2-8H2,1H3,(H,13,16). The minimum atomic E-state index is -0.146. The van der Waals surface area contributed by atoms with Gasteiger partial charge >= 0.3 is 5.97 Å². The van der Waals surface area contributed by atoms with Gasteiger partial charge in [0.05, 0.1) is 18.9 Å². The zero-order valence-corrected chi connectivity index (χ0v) is 10.3. The fourth-order valence-corrected chi connectivity index (χ4v) is 2.79. The number of esters is 1. The molecule has 0 aliphatic carbocycles. The average molecular weight is 240 g/mol. The molecule has 0 spiro atoms. The maximum atomic E-state index is 11.6. The smallest absolute Gasteiger partial charge is 0.307 e. The van der Waals surface area contributed by atoms with Crippen LogP contribution in [-0.4, -0.2) is 49.1 Å². The van der Waals surface area contributed by atoms with E-state index in [2.05, 4.69) is 10.2 Å². The van der Waals surface area contributed by atoms with Gasteiger partial charge in [-0.25, -0.2) is 0 Å². The molecule has 2 aliphatic heterocycles. The van der Waals surface area contributed by atoms with Crippen molar-refractivity contribution in [2.75, 3.05) is 26.2 Å². The van der Waals surface area contributed by atoms with Gasteiger partial charge < -0.3 is 10.1 Å². The molecule has 0 aromatic heterocycles. The summed E-state index contributed by atoms with van der Waals surface area (Å²) in [5.41, 5.74) is 0. The van der Waals surface area contributed by atoms with E-state index in [4.69, 9.17) is 4.74 Å². The van der Waals surface area contributed by atoms with E-state index < -0.39 is 0 Å². The number of hydrogen-bond donors (Lipinski definition) is 1. The number of hydrogen-bond acceptors (Lipinski definition) is 4. The van der Waals surface area contributed by atoms with Crippen LogP contribution in [0.1, 0.15) is 26.2 Å². The minimum absolute atomic E-state index is 0.131. The number of piperidine rings is 1. The molecule has 0 radical (unpaired) electrons. The van der Waals surface area contributed by atoms with E-state index in [-0.39, 0.29) is 23.8 Å². The predicted octanol–water partition coefficient (Wildman–Crippen LogP) is 0.150. The normalized spacial score (nSPS) is 28.6. The minimum Gasteiger partial charge on any atom is -0.466 e. The number of fused-ring (bicyclic) bond motifs is 1. The van der Waals surface area contributed by atoms with Crippen LogP contribution in [0, 0.1) is 5.92 Å². The first-order valence-corrected chi connectivity index (χ1v) is 6.39. The predicted molar refractivity (Wildman–Crippen MR) is 62.3 cm³/mol. The third kappa shape index (κ3) is 2.77. The Morgan fingerprint density at radius 3 is 3.18 bits per heavy atom. The van der Waals surface area contributed by atoms with Crippen LogP contribution in [0.4, 0.5) is 0 Å². The van der Waals surface area contributed by atoms with Gasteiger partial charge in [-0.05, 0) is 26.3 Å². The van der Waals surface area contributed by atoms with E-state index in [0.717, 1.165) is 25.9 Å². The molecule has 2 heterocycles. The molecule has 2 aliphatic rings. The molecule has 0 aromatic carbocycles. The molecule has 1 amide bonds. The summed E-state index contributed by atoms with van der Waals surface area (Å²) < 4.78 is 4.92. The van der Waals surface area contributed by atoms with E-state index in [1.54, 1.807) is 0 Å². The Labute approximate surface area is 101 Å². The van der Waals surface area contributed by atoms with Crippen molar-refractivity contribution in [1.82, 2.24) is 10.2 Å². The number of likely N-dealkylation sites (tertiary alicyclic amines) is 1. The number of nitrogens with zero attached hydrogens (tertiary/aromatic N) is 1. The van der Waals surface area contributed by atoms with Crippen LogP contribution in [0.2, 0.25) is 0 Å².